The summed E-state index contributed by atoms with van der Waals surface area (Å²) in [6.45, 7) is 2.43. The van der Waals surface area contributed by atoms with Crippen LogP contribution < -0.4 is 0 Å². The lowest BCUT2D eigenvalue weighted by Crippen LogP contribution is -2.63. The second-order valence-corrected chi connectivity index (χ2v) is 9.91. The second kappa shape index (κ2) is 6.50. The van der Waals surface area contributed by atoms with Gasteiger partial charge in [-0.1, -0.05) is 19.9 Å². The van der Waals surface area contributed by atoms with Crippen molar-refractivity contribution in [3.05, 3.63) is 23.8 Å². The number of ketones is 2. The molecule has 3 saturated carbocycles. The number of aliphatic hydroxyl groups excluding tert-OH is 2. The largest absolute Gasteiger partial charge is 0.395 e. The third-order valence-electron chi connectivity index (χ3n) is 8.70. The van der Waals surface area contributed by atoms with Crippen molar-refractivity contribution >= 4 is 11.6 Å². The highest BCUT2D eigenvalue weighted by Crippen LogP contribution is 2.68. The van der Waals surface area contributed by atoms with Gasteiger partial charge in [0.15, 0.2) is 11.6 Å². The fraction of sp³-hybridized carbons (Fsp3) is 0.727. The Morgan fingerprint density at radius 2 is 1.97 bits per heavy atom. The molecule has 8 atom stereocenters. The quantitative estimate of drug-likeness (QED) is 0.628. The van der Waals surface area contributed by atoms with Gasteiger partial charge in [-0.25, -0.2) is 0 Å². The monoisotopic (exact) mass is 428 g/mol. The number of carbonyl (C=O) groups excluding carboxylic acids is 2. The summed E-state index contributed by atoms with van der Waals surface area (Å²) in [6, 6.07) is 0. The number of carbonyl (C=O) groups is 2. The summed E-state index contributed by atoms with van der Waals surface area (Å²) in [5.74, 6) is -4.64. The van der Waals surface area contributed by atoms with Crippen LogP contribution in [0.1, 0.15) is 39.5 Å². The standard InChI is InChI=1S/C22H27F3O5/c1-19-5-3-11(27)7-14(19)15(22(23,24)25)8-12-13-4-6-21(30,17(29)10-26)20(13,2)9-16(28)18(12)19/h3,5,7,12-13,15-16,18,26,28,30H,4,6,8-10H2,1-2H3/t12-,13-,15-,16?,18+,19-,20-,21-/m0/s1. The fourth-order valence-electron chi connectivity index (χ4n) is 7.32. The molecule has 8 heteroatoms. The third-order valence-corrected chi connectivity index (χ3v) is 8.70. The van der Waals surface area contributed by atoms with Gasteiger partial charge in [0.25, 0.3) is 0 Å². The van der Waals surface area contributed by atoms with Crippen LogP contribution in [0.4, 0.5) is 13.2 Å². The highest BCUT2D eigenvalue weighted by Gasteiger charge is 2.70. The third kappa shape index (κ3) is 2.66. The Labute approximate surface area is 172 Å². The van der Waals surface area contributed by atoms with Crippen LogP contribution in [0, 0.1) is 34.5 Å². The molecule has 0 spiro atoms. The van der Waals surface area contributed by atoms with E-state index >= 15 is 0 Å². The molecule has 4 rings (SSSR count). The minimum absolute atomic E-state index is 0.00824. The number of rotatable bonds is 2. The van der Waals surface area contributed by atoms with Crippen LogP contribution in [0.5, 0.6) is 0 Å². The van der Waals surface area contributed by atoms with E-state index in [4.69, 9.17) is 0 Å². The molecule has 166 valence electrons. The summed E-state index contributed by atoms with van der Waals surface area (Å²) < 4.78 is 42.2. The molecule has 0 radical (unpaired) electrons. The zero-order valence-corrected chi connectivity index (χ0v) is 16.9. The predicted molar refractivity (Wildman–Crippen MR) is 100.0 cm³/mol. The van der Waals surface area contributed by atoms with Crippen molar-refractivity contribution in [2.75, 3.05) is 6.61 Å². The second-order valence-electron chi connectivity index (χ2n) is 9.91. The summed E-state index contributed by atoms with van der Waals surface area (Å²) in [5.41, 5.74) is -4.15. The molecule has 30 heavy (non-hydrogen) atoms. The fourth-order valence-corrected chi connectivity index (χ4v) is 7.32. The Kier molecular flexibility index (Phi) is 4.70. The van der Waals surface area contributed by atoms with Crippen LogP contribution in [0.2, 0.25) is 0 Å². The first-order chi connectivity index (χ1) is 13.8. The molecule has 0 aliphatic heterocycles. The first-order valence-electron chi connectivity index (χ1n) is 10.4. The van der Waals surface area contributed by atoms with Gasteiger partial charge in [0, 0.05) is 16.7 Å². The molecule has 4 aliphatic carbocycles. The van der Waals surface area contributed by atoms with E-state index in [9.17, 15) is 38.1 Å². The van der Waals surface area contributed by atoms with E-state index in [1.165, 1.54) is 12.2 Å². The average Bonchev–Trinajstić information content (AvgIpc) is 2.91. The molecule has 0 aromatic carbocycles. The number of fused-ring (bicyclic) bond motifs is 5. The van der Waals surface area contributed by atoms with Gasteiger partial charge in [-0.05, 0) is 55.2 Å². The molecular weight excluding hydrogens is 401 g/mol. The van der Waals surface area contributed by atoms with Gasteiger partial charge in [-0.3, -0.25) is 9.59 Å². The average molecular weight is 428 g/mol. The molecule has 3 N–H and O–H groups in total. The van der Waals surface area contributed by atoms with Crippen LogP contribution in [0.15, 0.2) is 23.8 Å². The smallest absolute Gasteiger partial charge is 0.393 e. The Balaban J connectivity index is 1.83. The molecule has 5 nitrogen and oxygen atoms in total. The molecule has 0 saturated heterocycles. The lowest BCUT2D eigenvalue weighted by atomic mass is 9.44. The Bertz CT molecular complexity index is 848. The molecule has 1 unspecified atom stereocenters. The van der Waals surface area contributed by atoms with E-state index < -0.39 is 70.6 Å². The number of halogens is 3. The van der Waals surface area contributed by atoms with Gasteiger partial charge < -0.3 is 15.3 Å². The van der Waals surface area contributed by atoms with Crippen LogP contribution in [-0.4, -0.2) is 51.4 Å². The van der Waals surface area contributed by atoms with Gasteiger partial charge in [0.05, 0.1) is 12.0 Å². The molecular formula is C22H27F3O5. The van der Waals surface area contributed by atoms with E-state index in [0.29, 0.717) is 6.42 Å². The van der Waals surface area contributed by atoms with Crippen LogP contribution in [-0.2, 0) is 9.59 Å². The molecule has 0 heterocycles. The summed E-state index contributed by atoms with van der Waals surface area (Å²) in [6.07, 6.45) is -1.66. The van der Waals surface area contributed by atoms with E-state index in [2.05, 4.69) is 0 Å². The minimum Gasteiger partial charge on any atom is -0.393 e. The maximum absolute atomic E-state index is 14.1. The minimum atomic E-state index is -4.56. The summed E-state index contributed by atoms with van der Waals surface area (Å²) in [7, 11) is 0. The summed E-state index contributed by atoms with van der Waals surface area (Å²) >= 11 is 0. The first-order valence-corrected chi connectivity index (χ1v) is 10.4. The predicted octanol–water partition coefficient (Wildman–Crippen LogP) is 2.35. The number of hydrogen-bond donors (Lipinski definition) is 3. The molecule has 3 fully saturated rings. The van der Waals surface area contributed by atoms with Crippen molar-refractivity contribution < 1.29 is 38.1 Å². The van der Waals surface area contributed by atoms with Gasteiger partial charge in [0.2, 0.25) is 0 Å². The van der Waals surface area contributed by atoms with Crippen molar-refractivity contribution in [3.8, 4) is 0 Å². The Morgan fingerprint density at radius 3 is 2.57 bits per heavy atom. The van der Waals surface area contributed by atoms with Crippen LogP contribution >= 0.6 is 0 Å². The van der Waals surface area contributed by atoms with Crippen LogP contribution in [0.25, 0.3) is 0 Å². The van der Waals surface area contributed by atoms with Crippen molar-refractivity contribution in [2.45, 2.75) is 57.4 Å². The van der Waals surface area contributed by atoms with E-state index in [1.54, 1.807) is 13.8 Å². The number of hydrogen-bond acceptors (Lipinski definition) is 5. The highest BCUT2D eigenvalue weighted by atomic mass is 19.4. The number of allylic oxidation sites excluding steroid dienone is 4. The molecule has 0 bridgehead atoms. The zero-order valence-electron chi connectivity index (χ0n) is 16.9. The topological polar surface area (TPSA) is 94.8 Å². The molecule has 4 aliphatic rings. The van der Waals surface area contributed by atoms with Crippen molar-refractivity contribution in [3.63, 3.8) is 0 Å². The van der Waals surface area contributed by atoms with Crippen LogP contribution in [0.3, 0.4) is 0 Å². The maximum Gasteiger partial charge on any atom is 0.395 e. The lowest BCUT2D eigenvalue weighted by Gasteiger charge is -2.61. The first kappa shape index (κ1) is 21.7. The Morgan fingerprint density at radius 1 is 1.30 bits per heavy atom. The lowest BCUT2D eigenvalue weighted by molar-refractivity contribution is -0.211. The van der Waals surface area contributed by atoms with E-state index in [1.807, 2.05) is 0 Å². The van der Waals surface area contributed by atoms with Gasteiger partial charge in [-0.2, -0.15) is 13.2 Å². The van der Waals surface area contributed by atoms with Gasteiger partial charge in [0.1, 0.15) is 12.2 Å². The number of aliphatic hydroxyl groups is 3. The SMILES string of the molecule is C[C@]12C=CC(=O)C=C1[C@@H](C(F)(F)F)C[C@@H]1[C@@H]2C(O)C[C@@]2(C)[C@H]1CC[C@]2(O)C(=O)CO. The van der Waals surface area contributed by atoms with Gasteiger partial charge >= 0.3 is 6.18 Å². The number of alkyl halides is 3. The van der Waals surface area contributed by atoms with E-state index in [0.717, 1.165) is 6.08 Å². The summed E-state index contributed by atoms with van der Waals surface area (Å²) in [5, 5.41) is 31.7. The summed E-state index contributed by atoms with van der Waals surface area (Å²) in [4.78, 5) is 24.3. The Hall–Kier alpha value is -1.51. The molecule has 0 aromatic rings. The van der Waals surface area contributed by atoms with Crippen molar-refractivity contribution in [2.24, 2.45) is 34.5 Å². The zero-order chi connectivity index (χ0) is 22.3. The van der Waals surface area contributed by atoms with Gasteiger partial charge in [-0.15, -0.1) is 0 Å². The number of Topliss-reactive ketones (excluding diaryl/α,β-unsaturated/α-hetero) is 1. The highest BCUT2D eigenvalue weighted by molar-refractivity contribution is 6.01. The molecule has 0 amide bonds. The normalized spacial score (nSPS) is 47.9. The van der Waals surface area contributed by atoms with Crippen molar-refractivity contribution in [1.82, 2.24) is 0 Å². The van der Waals surface area contributed by atoms with Crippen molar-refractivity contribution in [1.29, 1.82) is 0 Å². The van der Waals surface area contributed by atoms with E-state index in [-0.39, 0.29) is 24.8 Å². The maximum atomic E-state index is 14.1. The molecule has 0 aromatic heterocycles.